The summed E-state index contributed by atoms with van der Waals surface area (Å²) in [5.41, 5.74) is 1.12. The fraction of sp³-hybridized carbons (Fsp3) is 0.571. The lowest BCUT2D eigenvalue weighted by Gasteiger charge is -2.17. The summed E-state index contributed by atoms with van der Waals surface area (Å²) in [4.78, 5) is 0. The third-order valence-electron chi connectivity index (χ3n) is 2.87. The molecule has 1 aromatic carbocycles. The first-order chi connectivity index (χ1) is 7.77. The Kier molecular flexibility index (Phi) is 6.09. The van der Waals surface area contributed by atoms with Crippen LogP contribution in [0, 0.1) is 5.82 Å². The van der Waals surface area contributed by atoms with Gasteiger partial charge in [0.15, 0.2) is 0 Å². The molecule has 2 heteroatoms. The maximum absolute atomic E-state index is 13.2. The molecule has 0 aromatic heterocycles. The van der Waals surface area contributed by atoms with Gasteiger partial charge in [0.1, 0.15) is 5.82 Å². The van der Waals surface area contributed by atoms with E-state index >= 15 is 0 Å². The van der Waals surface area contributed by atoms with Crippen molar-refractivity contribution >= 4 is 0 Å². The van der Waals surface area contributed by atoms with Gasteiger partial charge in [0.25, 0.3) is 0 Å². The lowest BCUT2D eigenvalue weighted by atomic mass is 9.93. The third kappa shape index (κ3) is 4.31. The molecule has 0 spiro atoms. The normalized spacial score (nSPS) is 12.7. The summed E-state index contributed by atoms with van der Waals surface area (Å²) >= 11 is 0. The predicted molar refractivity (Wildman–Crippen MR) is 67.2 cm³/mol. The fourth-order valence-corrected chi connectivity index (χ4v) is 1.92. The Hall–Kier alpha value is -0.890. The molecule has 1 N–H and O–H groups in total. The van der Waals surface area contributed by atoms with Gasteiger partial charge < -0.3 is 5.32 Å². The molecule has 0 saturated heterocycles. The maximum Gasteiger partial charge on any atom is 0.123 e. The van der Waals surface area contributed by atoms with Crippen LogP contribution in [0.1, 0.15) is 44.6 Å². The number of hydrogen-bond donors (Lipinski definition) is 1. The zero-order chi connectivity index (χ0) is 11.8. The number of rotatable bonds is 7. The van der Waals surface area contributed by atoms with E-state index in [1.807, 2.05) is 6.07 Å². The molecular weight excluding hydrogens is 201 g/mol. The average Bonchev–Trinajstić information content (AvgIpc) is 2.29. The van der Waals surface area contributed by atoms with E-state index in [-0.39, 0.29) is 5.82 Å². The second-order valence-corrected chi connectivity index (χ2v) is 4.20. The molecule has 16 heavy (non-hydrogen) atoms. The number of likely N-dealkylation sites (N-methyl/N-ethyl adjacent to an activating group) is 1. The lowest BCUT2D eigenvalue weighted by Crippen LogP contribution is -2.21. The number of benzene rings is 1. The summed E-state index contributed by atoms with van der Waals surface area (Å²) in [6.07, 6.45) is 3.53. The molecule has 0 aliphatic carbocycles. The van der Waals surface area contributed by atoms with Crippen molar-refractivity contribution in [3.63, 3.8) is 0 Å². The van der Waals surface area contributed by atoms with Gasteiger partial charge in [0.2, 0.25) is 0 Å². The number of nitrogens with one attached hydrogen (secondary N) is 1. The van der Waals surface area contributed by atoms with E-state index in [1.165, 1.54) is 18.9 Å². The minimum absolute atomic E-state index is 0.129. The van der Waals surface area contributed by atoms with E-state index in [0.29, 0.717) is 5.92 Å². The van der Waals surface area contributed by atoms with Crippen LogP contribution in [0.25, 0.3) is 0 Å². The van der Waals surface area contributed by atoms with Gasteiger partial charge in [-0.1, -0.05) is 38.8 Å². The van der Waals surface area contributed by atoms with Crippen molar-refractivity contribution in [1.82, 2.24) is 5.32 Å². The van der Waals surface area contributed by atoms with Crippen molar-refractivity contribution in [3.8, 4) is 0 Å². The van der Waals surface area contributed by atoms with Crippen LogP contribution in [0.15, 0.2) is 24.3 Å². The quantitative estimate of drug-likeness (QED) is 0.743. The van der Waals surface area contributed by atoms with Crippen LogP contribution in [0.4, 0.5) is 4.39 Å². The molecule has 0 amide bonds. The number of hydrogen-bond acceptors (Lipinski definition) is 1. The molecule has 0 bridgehead atoms. The standard InChI is InChI=1S/C14H22FN/c1-3-5-7-13(11-16-4-2)12-8-6-9-14(15)10-12/h6,8-10,13,16H,3-5,7,11H2,1-2H3. The third-order valence-corrected chi connectivity index (χ3v) is 2.87. The summed E-state index contributed by atoms with van der Waals surface area (Å²) in [5.74, 6) is 0.311. The molecule has 0 saturated carbocycles. The summed E-state index contributed by atoms with van der Waals surface area (Å²) in [6.45, 7) is 6.20. The Labute approximate surface area is 98.1 Å². The van der Waals surface area contributed by atoms with Crippen LogP contribution in [0.5, 0.6) is 0 Å². The first kappa shape index (κ1) is 13.2. The Morgan fingerprint density at radius 1 is 1.31 bits per heavy atom. The van der Waals surface area contributed by atoms with Gasteiger partial charge in [0, 0.05) is 6.54 Å². The van der Waals surface area contributed by atoms with E-state index in [1.54, 1.807) is 12.1 Å². The largest absolute Gasteiger partial charge is 0.316 e. The Balaban J connectivity index is 2.66. The van der Waals surface area contributed by atoms with Crippen molar-refractivity contribution in [2.24, 2.45) is 0 Å². The van der Waals surface area contributed by atoms with Gasteiger partial charge in [-0.3, -0.25) is 0 Å². The Morgan fingerprint density at radius 3 is 2.75 bits per heavy atom. The maximum atomic E-state index is 13.2. The van der Waals surface area contributed by atoms with Gasteiger partial charge in [-0.2, -0.15) is 0 Å². The van der Waals surface area contributed by atoms with Crippen molar-refractivity contribution in [2.75, 3.05) is 13.1 Å². The first-order valence-corrected chi connectivity index (χ1v) is 6.24. The molecule has 1 unspecified atom stereocenters. The monoisotopic (exact) mass is 223 g/mol. The minimum atomic E-state index is -0.129. The number of unbranched alkanes of at least 4 members (excludes halogenated alkanes) is 1. The van der Waals surface area contributed by atoms with Gasteiger partial charge in [0.05, 0.1) is 0 Å². The molecular formula is C14H22FN. The summed E-state index contributed by atoms with van der Waals surface area (Å²) in [6, 6.07) is 7.00. The van der Waals surface area contributed by atoms with Crippen LogP contribution in [-0.4, -0.2) is 13.1 Å². The van der Waals surface area contributed by atoms with Crippen LogP contribution >= 0.6 is 0 Å². The molecule has 0 heterocycles. The topological polar surface area (TPSA) is 12.0 Å². The molecule has 1 nitrogen and oxygen atoms in total. The zero-order valence-electron chi connectivity index (χ0n) is 10.3. The summed E-state index contributed by atoms with van der Waals surface area (Å²) in [7, 11) is 0. The minimum Gasteiger partial charge on any atom is -0.316 e. The van der Waals surface area contributed by atoms with Crippen LogP contribution in [0.3, 0.4) is 0 Å². The Morgan fingerprint density at radius 2 is 2.12 bits per heavy atom. The molecule has 0 radical (unpaired) electrons. The van der Waals surface area contributed by atoms with Crippen LogP contribution in [0.2, 0.25) is 0 Å². The van der Waals surface area contributed by atoms with Gasteiger partial charge in [-0.25, -0.2) is 4.39 Å². The zero-order valence-corrected chi connectivity index (χ0v) is 10.3. The van der Waals surface area contributed by atoms with E-state index < -0.39 is 0 Å². The highest BCUT2D eigenvalue weighted by Crippen LogP contribution is 2.22. The smallest absolute Gasteiger partial charge is 0.123 e. The van der Waals surface area contributed by atoms with Crippen molar-refractivity contribution < 1.29 is 4.39 Å². The van der Waals surface area contributed by atoms with Gasteiger partial charge >= 0.3 is 0 Å². The highest BCUT2D eigenvalue weighted by Gasteiger charge is 2.10. The second-order valence-electron chi connectivity index (χ2n) is 4.20. The molecule has 0 aliphatic rings. The highest BCUT2D eigenvalue weighted by atomic mass is 19.1. The molecule has 1 rings (SSSR count). The van der Waals surface area contributed by atoms with E-state index in [2.05, 4.69) is 19.2 Å². The van der Waals surface area contributed by atoms with Crippen LogP contribution in [-0.2, 0) is 0 Å². The van der Waals surface area contributed by atoms with Crippen LogP contribution < -0.4 is 5.32 Å². The molecule has 1 aromatic rings. The first-order valence-electron chi connectivity index (χ1n) is 6.24. The van der Waals surface area contributed by atoms with Crippen molar-refractivity contribution in [1.29, 1.82) is 0 Å². The van der Waals surface area contributed by atoms with Gasteiger partial charge in [-0.05, 0) is 36.6 Å². The SMILES string of the molecule is CCCCC(CNCC)c1cccc(F)c1. The van der Waals surface area contributed by atoms with E-state index in [9.17, 15) is 4.39 Å². The molecule has 0 aliphatic heterocycles. The van der Waals surface area contributed by atoms with Crippen molar-refractivity contribution in [3.05, 3.63) is 35.6 Å². The molecule has 0 fully saturated rings. The van der Waals surface area contributed by atoms with E-state index in [0.717, 1.165) is 25.1 Å². The van der Waals surface area contributed by atoms with E-state index in [4.69, 9.17) is 0 Å². The summed E-state index contributed by atoms with van der Waals surface area (Å²) in [5, 5.41) is 3.35. The summed E-state index contributed by atoms with van der Waals surface area (Å²) < 4.78 is 13.2. The van der Waals surface area contributed by atoms with Gasteiger partial charge in [-0.15, -0.1) is 0 Å². The average molecular weight is 223 g/mol. The predicted octanol–water partition coefficient (Wildman–Crippen LogP) is 3.71. The fourth-order valence-electron chi connectivity index (χ4n) is 1.92. The lowest BCUT2D eigenvalue weighted by molar-refractivity contribution is 0.533. The molecule has 1 atom stereocenters. The van der Waals surface area contributed by atoms with Crippen molar-refractivity contribution in [2.45, 2.75) is 39.0 Å². The second kappa shape index (κ2) is 7.39. The highest BCUT2D eigenvalue weighted by molar-refractivity contribution is 5.21. The molecule has 90 valence electrons. The number of halogens is 1. The Bertz CT molecular complexity index is 291.